The lowest BCUT2D eigenvalue weighted by Crippen LogP contribution is -2.08. The van der Waals surface area contributed by atoms with Gasteiger partial charge < -0.3 is 15.6 Å². The number of nitrogen functional groups attached to an aromatic ring is 1. The highest BCUT2D eigenvalue weighted by atomic mass is 32.1. The normalized spacial score (nSPS) is 10.6. The van der Waals surface area contributed by atoms with E-state index < -0.39 is 0 Å². The van der Waals surface area contributed by atoms with E-state index in [4.69, 9.17) is 5.73 Å². The van der Waals surface area contributed by atoms with E-state index in [9.17, 15) is 0 Å². The summed E-state index contributed by atoms with van der Waals surface area (Å²) in [5.74, 6) is 1.69. The van der Waals surface area contributed by atoms with Crippen LogP contribution < -0.4 is 11.1 Å². The summed E-state index contributed by atoms with van der Waals surface area (Å²) < 4.78 is 6.11. The summed E-state index contributed by atoms with van der Waals surface area (Å²) in [5.41, 5.74) is 6.71. The molecule has 0 aromatic carbocycles. The van der Waals surface area contributed by atoms with Gasteiger partial charge in [0, 0.05) is 38.0 Å². The highest BCUT2D eigenvalue weighted by Gasteiger charge is 2.06. The number of aromatic nitrogens is 3. The lowest BCUT2D eigenvalue weighted by molar-refractivity contribution is 0.790. The Kier molecular flexibility index (Phi) is 3.09. The van der Waals surface area contributed by atoms with Gasteiger partial charge in [0.2, 0.25) is 0 Å². The van der Waals surface area contributed by atoms with Gasteiger partial charge in [-0.25, -0.2) is 4.98 Å². The van der Waals surface area contributed by atoms with Crippen LogP contribution in [0.2, 0.25) is 0 Å². The molecule has 0 aliphatic rings. The van der Waals surface area contributed by atoms with Crippen LogP contribution in [0, 0.1) is 6.92 Å². The fourth-order valence-electron chi connectivity index (χ4n) is 1.44. The number of nitrogens with one attached hydrogen (secondary N) is 1. The van der Waals surface area contributed by atoms with E-state index in [0.717, 1.165) is 29.4 Å². The smallest absolute Gasteiger partial charge is 0.142 e. The van der Waals surface area contributed by atoms with Crippen molar-refractivity contribution in [3.05, 3.63) is 23.8 Å². The van der Waals surface area contributed by atoms with Crippen LogP contribution in [0.4, 0.5) is 10.8 Å². The van der Waals surface area contributed by atoms with Gasteiger partial charge in [0.1, 0.15) is 16.6 Å². The van der Waals surface area contributed by atoms with Crippen LogP contribution >= 0.6 is 11.5 Å². The molecule has 0 radical (unpaired) electrons. The average Bonchev–Trinajstić information content (AvgIpc) is 2.80. The fraction of sp³-hybridized carbons (Fsp3) is 0.400. The van der Waals surface area contributed by atoms with Crippen molar-refractivity contribution in [1.82, 2.24) is 13.9 Å². The molecule has 0 aliphatic carbocycles. The second kappa shape index (κ2) is 4.52. The molecule has 0 fully saturated rings. The third-order valence-electron chi connectivity index (χ3n) is 2.52. The number of nitrogens with two attached hydrogens (primary N) is 1. The van der Waals surface area contributed by atoms with E-state index in [1.165, 1.54) is 11.5 Å². The Morgan fingerprint density at radius 1 is 1.56 bits per heavy atom. The summed E-state index contributed by atoms with van der Waals surface area (Å²) >= 11 is 1.40. The first kappa shape index (κ1) is 10.9. The quantitative estimate of drug-likeness (QED) is 0.844. The number of nitrogens with zero attached hydrogens (tertiary/aromatic N) is 3. The lowest BCUT2D eigenvalue weighted by Gasteiger charge is -2.04. The molecular formula is C10H15N5S. The second-order valence-electron chi connectivity index (χ2n) is 3.65. The van der Waals surface area contributed by atoms with Crippen molar-refractivity contribution in [3.8, 4) is 0 Å². The Bertz CT molecular complexity index is 473. The number of anilines is 2. The standard InChI is InChI=1S/C10H15N5S/c1-7-9(11)14-16-10(7)13-4-3-8-12-5-6-15(8)2/h5-6,13H,3-4H2,1-2H3,(H2,11,14). The lowest BCUT2D eigenvalue weighted by atomic mass is 10.3. The van der Waals surface area contributed by atoms with Crippen LogP contribution in [0.1, 0.15) is 11.4 Å². The van der Waals surface area contributed by atoms with E-state index in [2.05, 4.69) is 14.7 Å². The van der Waals surface area contributed by atoms with Gasteiger partial charge in [-0.05, 0) is 18.5 Å². The van der Waals surface area contributed by atoms with Crippen molar-refractivity contribution < 1.29 is 0 Å². The molecule has 0 bridgehead atoms. The topological polar surface area (TPSA) is 68.8 Å². The summed E-state index contributed by atoms with van der Waals surface area (Å²) in [7, 11) is 2.00. The van der Waals surface area contributed by atoms with Crippen molar-refractivity contribution >= 4 is 22.4 Å². The first-order chi connectivity index (χ1) is 7.68. The van der Waals surface area contributed by atoms with Gasteiger partial charge in [-0.3, -0.25) is 0 Å². The molecule has 5 nitrogen and oxygen atoms in total. The predicted molar refractivity (Wildman–Crippen MR) is 66.7 cm³/mol. The molecule has 0 spiro atoms. The summed E-state index contributed by atoms with van der Waals surface area (Å²) in [6.45, 7) is 2.81. The van der Waals surface area contributed by atoms with Crippen LogP contribution in [0.3, 0.4) is 0 Å². The van der Waals surface area contributed by atoms with Gasteiger partial charge in [0.25, 0.3) is 0 Å². The van der Waals surface area contributed by atoms with Crippen molar-refractivity contribution in [2.45, 2.75) is 13.3 Å². The van der Waals surface area contributed by atoms with E-state index >= 15 is 0 Å². The van der Waals surface area contributed by atoms with Crippen molar-refractivity contribution in [2.24, 2.45) is 7.05 Å². The maximum Gasteiger partial charge on any atom is 0.142 e. The van der Waals surface area contributed by atoms with E-state index in [1.54, 1.807) is 0 Å². The van der Waals surface area contributed by atoms with Crippen LogP contribution in [0.25, 0.3) is 0 Å². The maximum atomic E-state index is 5.67. The third kappa shape index (κ3) is 2.16. The summed E-state index contributed by atoms with van der Waals surface area (Å²) in [5, 5.41) is 4.37. The summed E-state index contributed by atoms with van der Waals surface area (Å²) in [6.07, 6.45) is 4.65. The zero-order valence-electron chi connectivity index (χ0n) is 9.40. The molecule has 0 aliphatic heterocycles. The maximum absolute atomic E-state index is 5.67. The molecule has 0 atom stereocenters. The molecule has 2 aromatic rings. The predicted octanol–water partition coefficient (Wildman–Crippen LogP) is 1.42. The van der Waals surface area contributed by atoms with Gasteiger partial charge in [-0.15, -0.1) is 0 Å². The van der Waals surface area contributed by atoms with Gasteiger partial charge in [-0.1, -0.05) is 0 Å². The Labute approximate surface area is 98.5 Å². The molecule has 0 amide bonds. The highest BCUT2D eigenvalue weighted by molar-refractivity contribution is 7.10. The van der Waals surface area contributed by atoms with E-state index in [0.29, 0.717) is 5.82 Å². The number of rotatable bonds is 4. The molecule has 16 heavy (non-hydrogen) atoms. The Morgan fingerprint density at radius 2 is 2.38 bits per heavy atom. The number of hydrogen-bond donors (Lipinski definition) is 2. The van der Waals surface area contributed by atoms with E-state index in [-0.39, 0.29) is 0 Å². The van der Waals surface area contributed by atoms with Gasteiger partial charge in [-0.2, -0.15) is 4.37 Å². The fourth-order valence-corrected chi connectivity index (χ4v) is 2.17. The zero-order chi connectivity index (χ0) is 11.5. The van der Waals surface area contributed by atoms with E-state index in [1.807, 2.05) is 30.9 Å². The molecular weight excluding hydrogens is 222 g/mol. The molecule has 2 heterocycles. The molecule has 86 valence electrons. The number of aryl methyl sites for hydroxylation is 1. The Morgan fingerprint density at radius 3 is 2.94 bits per heavy atom. The van der Waals surface area contributed by atoms with Crippen LogP contribution in [0.5, 0.6) is 0 Å². The Balaban J connectivity index is 1.89. The zero-order valence-corrected chi connectivity index (χ0v) is 10.2. The molecule has 6 heteroatoms. The molecule has 0 unspecified atom stereocenters. The minimum absolute atomic E-state index is 0.615. The first-order valence-electron chi connectivity index (χ1n) is 5.10. The third-order valence-corrected chi connectivity index (χ3v) is 3.44. The largest absolute Gasteiger partial charge is 0.383 e. The monoisotopic (exact) mass is 237 g/mol. The van der Waals surface area contributed by atoms with Gasteiger partial charge in [0.05, 0.1) is 0 Å². The van der Waals surface area contributed by atoms with Crippen molar-refractivity contribution in [1.29, 1.82) is 0 Å². The minimum Gasteiger partial charge on any atom is -0.383 e. The molecule has 3 N–H and O–H groups in total. The summed E-state index contributed by atoms with van der Waals surface area (Å²) in [4.78, 5) is 4.26. The van der Waals surface area contributed by atoms with Crippen molar-refractivity contribution in [2.75, 3.05) is 17.6 Å². The summed E-state index contributed by atoms with van der Waals surface area (Å²) in [6, 6.07) is 0. The second-order valence-corrected chi connectivity index (χ2v) is 4.43. The number of hydrogen-bond acceptors (Lipinski definition) is 5. The average molecular weight is 237 g/mol. The molecule has 0 saturated carbocycles. The van der Waals surface area contributed by atoms with Crippen molar-refractivity contribution in [3.63, 3.8) is 0 Å². The Hall–Kier alpha value is -1.56. The molecule has 2 rings (SSSR count). The number of imidazole rings is 1. The van der Waals surface area contributed by atoms with Gasteiger partial charge >= 0.3 is 0 Å². The highest BCUT2D eigenvalue weighted by Crippen LogP contribution is 2.24. The first-order valence-corrected chi connectivity index (χ1v) is 5.87. The van der Waals surface area contributed by atoms with Crippen LogP contribution in [-0.2, 0) is 13.5 Å². The van der Waals surface area contributed by atoms with Gasteiger partial charge in [0.15, 0.2) is 0 Å². The minimum atomic E-state index is 0.615. The van der Waals surface area contributed by atoms with Crippen LogP contribution in [-0.4, -0.2) is 20.5 Å². The van der Waals surface area contributed by atoms with Crippen LogP contribution in [0.15, 0.2) is 12.4 Å². The molecule has 0 saturated heterocycles. The SMILES string of the molecule is Cc1c(N)nsc1NCCc1nccn1C. The molecule has 2 aromatic heterocycles.